The van der Waals surface area contributed by atoms with E-state index in [1.807, 2.05) is 49.4 Å². The Morgan fingerprint density at radius 2 is 1.61 bits per heavy atom. The van der Waals surface area contributed by atoms with E-state index in [1.165, 1.54) is 5.56 Å². The Labute approximate surface area is 111 Å². The van der Waals surface area contributed by atoms with Crippen LogP contribution in [0.2, 0.25) is 0 Å². The zero-order valence-electron chi connectivity index (χ0n) is 11.3. The van der Waals surface area contributed by atoms with Crippen molar-refractivity contribution >= 4 is 6.08 Å². The van der Waals surface area contributed by atoms with Crippen molar-refractivity contribution in [2.45, 2.75) is 13.8 Å². The van der Waals surface area contributed by atoms with Crippen LogP contribution in [-0.2, 0) is 0 Å². The fraction of sp³-hybridized carbons (Fsp3) is 0.118. The lowest BCUT2D eigenvalue weighted by Crippen LogP contribution is -1.63. The molecule has 0 spiro atoms. The normalized spacial score (nSPS) is 8.39. The van der Waals surface area contributed by atoms with Crippen LogP contribution in [0.5, 0.6) is 0 Å². The molecule has 0 radical (unpaired) electrons. The van der Waals surface area contributed by atoms with Crippen molar-refractivity contribution in [2.75, 3.05) is 0 Å². The number of hydrogen-bond acceptors (Lipinski definition) is 1. The molecule has 0 N–H and O–H groups in total. The van der Waals surface area contributed by atoms with Crippen LogP contribution in [-0.4, -0.2) is 0 Å². The molecule has 0 atom stereocenters. The van der Waals surface area contributed by atoms with Gasteiger partial charge in [0, 0.05) is 5.57 Å². The van der Waals surface area contributed by atoms with Crippen LogP contribution in [0.15, 0.2) is 73.9 Å². The monoisotopic (exact) mass is 239 g/mol. The molecule has 0 aromatic heterocycles. The first-order chi connectivity index (χ1) is 8.65. The topological polar surface area (TPSA) is 23.8 Å². The first kappa shape index (κ1) is 18.0. The van der Waals surface area contributed by atoms with Crippen molar-refractivity contribution in [3.8, 4) is 6.07 Å². The molecular weight excluding hydrogens is 218 g/mol. The maximum atomic E-state index is 8.02. The number of rotatable bonds is 2. The zero-order chi connectivity index (χ0) is 14.2. The van der Waals surface area contributed by atoms with Crippen LogP contribution < -0.4 is 0 Å². The number of benzene rings is 1. The van der Waals surface area contributed by atoms with Gasteiger partial charge in [-0.15, -0.1) is 0 Å². The van der Waals surface area contributed by atoms with Gasteiger partial charge >= 0.3 is 0 Å². The van der Waals surface area contributed by atoms with Gasteiger partial charge in [-0.05, 0) is 19.4 Å². The number of allylic oxidation sites excluding steroid dienone is 4. The fourth-order valence-corrected chi connectivity index (χ4v) is 0.654. The molecule has 0 aliphatic carbocycles. The molecule has 0 unspecified atom stereocenters. The molecular formula is C17H21N. The van der Waals surface area contributed by atoms with Gasteiger partial charge in [0.15, 0.2) is 0 Å². The lowest BCUT2D eigenvalue weighted by Gasteiger charge is -1.85. The van der Waals surface area contributed by atoms with Crippen LogP contribution in [0.3, 0.4) is 0 Å². The Balaban J connectivity index is 0. The van der Waals surface area contributed by atoms with Gasteiger partial charge < -0.3 is 0 Å². The van der Waals surface area contributed by atoms with Gasteiger partial charge in [0.2, 0.25) is 0 Å². The third-order valence-electron chi connectivity index (χ3n) is 1.81. The van der Waals surface area contributed by atoms with Crippen molar-refractivity contribution in [3.63, 3.8) is 0 Å². The highest BCUT2D eigenvalue weighted by Crippen LogP contribution is 1.97. The summed E-state index contributed by atoms with van der Waals surface area (Å²) in [4.78, 5) is 0. The van der Waals surface area contributed by atoms with E-state index in [4.69, 9.17) is 5.26 Å². The molecule has 0 amide bonds. The molecule has 0 aliphatic rings. The van der Waals surface area contributed by atoms with E-state index in [1.54, 1.807) is 25.2 Å². The largest absolute Gasteiger partial charge is 0.193 e. The van der Waals surface area contributed by atoms with Crippen molar-refractivity contribution in [1.82, 2.24) is 0 Å². The second kappa shape index (κ2) is 14.7. The molecule has 0 aliphatic heterocycles. The summed E-state index contributed by atoms with van der Waals surface area (Å²) in [5, 5.41) is 8.02. The second-order valence-corrected chi connectivity index (χ2v) is 3.17. The van der Waals surface area contributed by atoms with Gasteiger partial charge in [-0.25, -0.2) is 0 Å². The predicted molar refractivity (Wildman–Crippen MR) is 82.0 cm³/mol. The fourth-order valence-electron chi connectivity index (χ4n) is 0.654. The number of hydrogen-bond donors (Lipinski definition) is 0. The minimum atomic E-state index is 0.773. The Hall–Kier alpha value is -2.33. The average Bonchev–Trinajstić information content (AvgIpc) is 2.48. The maximum absolute atomic E-state index is 8.02. The van der Waals surface area contributed by atoms with Gasteiger partial charge in [0.25, 0.3) is 0 Å². The molecule has 1 nitrogen and oxygen atoms in total. The standard InChI is InChI=1S/C8H8.C5H7N.C4H6/c1-2-8-6-4-3-5-7-8;1-3-5(2)4-6;1-3-4-2/h2-7H,1H2;3H,1-2H3;3-4H,1-2H2. The molecule has 0 saturated heterocycles. The molecule has 1 aromatic rings. The van der Waals surface area contributed by atoms with E-state index >= 15 is 0 Å². The van der Waals surface area contributed by atoms with E-state index in [0.29, 0.717) is 0 Å². The Kier molecular flexibility index (Phi) is 14.7. The minimum absolute atomic E-state index is 0.773. The Morgan fingerprint density at radius 3 is 1.78 bits per heavy atom. The third kappa shape index (κ3) is 13.7. The summed E-state index contributed by atoms with van der Waals surface area (Å²) in [6.45, 7) is 14.0. The SMILES string of the molecule is C=CC=C.C=Cc1ccccc1.CC=C(C)C#N. The summed E-state index contributed by atoms with van der Waals surface area (Å²) in [6.07, 6.45) is 6.89. The molecule has 18 heavy (non-hydrogen) atoms. The summed E-state index contributed by atoms with van der Waals surface area (Å²) >= 11 is 0. The van der Waals surface area contributed by atoms with Gasteiger partial charge in [0.1, 0.15) is 0 Å². The van der Waals surface area contributed by atoms with Gasteiger partial charge in [-0.3, -0.25) is 0 Å². The summed E-state index contributed by atoms with van der Waals surface area (Å²) in [5.74, 6) is 0. The predicted octanol–water partition coefficient (Wildman–Crippen LogP) is 5.16. The Morgan fingerprint density at radius 1 is 1.11 bits per heavy atom. The summed E-state index contributed by atoms with van der Waals surface area (Å²) < 4.78 is 0. The van der Waals surface area contributed by atoms with E-state index in [0.717, 1.165) is 5.57 Å². The van der Waals surface area contributed by atoms with Crippen LogP contribution in [0, 0.1) is 11.3 Å². The van der Waals surface area contributed by atoms with Crippen molar-refractivity contribution in [2.24, 2.45) is 0 Å². The quantitative estimate of drug-likeness (QED) is 0.516. The third-order valence-corrected chi connectivity index (χ3v) is 1.81. The van der Waals surface area contributed by atoms with Crippen LogP contribution in [0.1, 0.15) is 19.4 Å². The van der Waals surface area contributed by atoms with Crippen LogP contribution in [0.4, 0.5) is 0 Å². The van der Waals surface area contributed by atoms with E-state index < -0.39 is 0 Å². The zero-order valence-corrected chi connectivity index (χ0v) is 11.3. The molecule has 0 saturated carbocycles. The van der Waals surface area contributed by atoms with E-state index in [-0.39, 0.29) is 0 Å². The summed E-state index contributed by atoms with van der Waals surface area (Å²) in [7, 11) is 0. The summed E-state index contributed by atoms with van der Waals surface area (Å²) in [6, 6.07) is 12.0. The highest BCUT2D eigenvalue weighted by molar-refractivity contribution is 5.45. The minimum Gasteiger partial charge on any atom is -0.193 e. The van der Waals surface area contributed by atoms with E-state index in [9.17, 15) is 0 Å². The van der Waals surface area contributed by atoms with Gasteiger partial charge in [-0.1, -0.05) is 74.4 Å². The average molecular weight is 239 g/mol. The maximum Gasteiger partial charge on any atom is 0.0940 e. The number of nitrogens with zero attached hydrogens (tertiary/aromatic N) is 1. The summed E-state index contributed by atoms with van der Waals surface area (Å²) in [5.41, 5.74) is 1.95. The lowest BCUT2D eigenvalue weighted by atomic mass is 10.2. The van der Waals surface area contributed by atoms with Gasteiger partial charge in [-0.2, -0.15) is 5.26 Å². The first-order valence-corrected chi connectivity index (χ1v) is 5.60. The molecule has 0 bridgehead atoms. The molecule has 1 rings (SSSR count). The van der Waals surface area contributed by atoms with Crippen molar-refractivity contribution in [3.05, 3.63) is 79.4 Å². The Bertz CT molecular complexity index is 399. The highest BCUT2D eigenvalue weighted by Gasteiger charge is 1.75. The molecule has 94 valence electrons. The molecule has 1 aromatic carbocycles. The van der Waals surface area contributed by atoms with Crippen molar-refractivity contribution in [1.29, 1.82) is 5.26 Å². The lowest BCUT2D eigenvalue weighted by molar-refractivity contribution is 1.42. The molecule has 0 heterocycles. The second-order valence-electron chi connectivity index (χ2n) is 3.17. The molecule has 0 fully saturated rings. The van der Waals surface area contributed by atoms with Crippen LogP contribution in [0.25, 0.3) is 6.08 Å². The highest BCUT2D eigenvalue weighted by atomic mass is 14.2. The first-order valence-electron chi connectivity index (χ1n) is 5.60. The van der Waals surface area contributed by atoms with Crippen LogP contribution >= 0.6 is 0 Å². The number of nitriles is 1. The smallest absolute Gasteiger partial charge is 0.0940 e. The van der Waals surface area contributed by atoms with Gasteiger partial charge in [0.05, 0.1) is 6.07 Å². The van der Waals surface area contributed by atoms with Crippen molar-refractivity contribution < 1.29 is 0 Å². The van der Waals surface area contributed by atoms with E-state index in [2.05, 4.69) is 19.7 Å². The molecule has 1 heteroatoms.